The van der Waals surface area contributed by atoms with Crippen LogP contribution in [0.15, 0.2) is 36.7 Å². The molecule has 0 aliphatic heterocycles. The Labute approximate surface area is 109 Å². The summed E-state index contributed by atoms with van der Waals surface area (Å²) in [6.45, 7) is 0. The van der Waals surface area contributed by atoms with E-state index >= 15 is 0 Å². The fourth-order valence-corrected chi connectivity index (χ4v) is 1.99. The van der Waals surface area contributed by atoms with E-state index in [1.807, 2.05) is 24.4 Å². The van der Waals surface area contributed by atoms with E-state index in [1.54, 1.807) is 18.3 Å². The number of nitrogens with zero attached hydrogens (tertiary/aromatic N) is 1. The van der Waals surface area contributed by atoms with Crippen LogP contribution in [0.3, 0.4) is 0 Å². The summed E-state index contributed by atoms with van der Waals surface area (Å²) >= 11 is 12.1. The number of hydrogen-bond acceptors (Lipinski definition) is 1. The van der Waals surface area contributed by atoms with Crippen molar-refractivity contribution in [2.45, 2.75) is 0 Å². The second kappa shape index (κ2) is 5.09. The molecule has 4 heteroatoms. The quantitative estimate of drug-likeness (QED) is 0.794. The molecule has 0 saturated heterocycles. The van der Waals surface area contributed by atoms with Gasteiger partial charge in [-0.15, -0.1) is 0 Å². The Hall–Kier alpha value is -1.69. The van der Waals surface area contributed by atoms with Gasteiger partial charge in [0.15, 0.2) is 0 Å². The second-order valence-corrected chi connectivity index (χ2v) is 4.17. The molecule has 2 aromatic rings. The molecule has 2 nitrogen and oxygen atoms in total. The van der Waals surface area contributed by atoms with E-state index < -0.39 is 0 Å². The third-order valence-electron chi connectivity index (χ3n) is 2.36. The Bertz CT molecular complexity index is 606. The van der Waals surface area contributed by atoms with Crippen molar-refractivity contribution in [3.05, 3.63) is 52.3 Å². The first-order valence-electron chi connectivity index (χ1n) is 4.91. The molecule has 0 atom stereocenters. The molecule has 0 fully saturated rings. The summed E-state index contributed by atoms with van der Waals surface area (Å²) in [5, 5.41) is 9.56. The SMILES string of the molecule is N#CC=Cc1c[nH]cc1-c1cccc(Cl)c1Cl. The predicted octanol–water partition coefficient (Wildman–Crippen LogP) is 4.53. The van der Waals surface area contributed by atoms with Crippen molar-refractivity contribution < 1.29 is 0 Å². The zero-order chi connectivity index (χ0) is 12.3. The molecular weight excluding hydrogens is 255 g/mol. The highest BCUT2D eigenvalue weighted by molar-refractivity contribution is 6.43. The van der Waals surface area contributed by atoms with E-state index in [4.69, 9.17) is 28.5 Å². The third kappa shape index (κ3) is 2.36. The first-order valence-corrected chi connectivity index (χ1v) is 5.67. The molecular formula is C13H8Cl2N2. The van der Waals surface area contributed by atoms with Gasteiger partial charge in [-0.1, -0.05) is 35.3 Å². The maximum atomic E-state index is 8.53. The number of halogens is 2. The summed E-state index contributed by atoms with van der Waals surface area (Å²) in [4.78, 5) is 2.99. The molecule has 0 aliphatic rings. The van der Waals surface area contributed by atoms with E-state index in [9.17, 15) is 0 Å². The molecule has 84 valence electrons. The van der Waals surface area contributed by atoms with Gasteiger partial charge in [0.1, 0.15) is 0 Å². The van der Waals surface area contributed by atoms with E-state index in [-0.39, 0.29) is 0 Å². The number of nitriles is 1. The minimum absolute atomic E-state index is 0.514. The smallest absolute Gasteiger partial charge is 0.0912 e. The summed E-state index contributed by atoms with van der Waals surface area (Å²) < 4.78 is 0. The number of nitrogens with one attached hydrogen (secondary N) is 1. The highest BCUT2D eigenvalue weighted by Crippen LogP contribution is 2.35. The lowest BCUT2D eigenvalue weighted by Gasteiger charge is -2.04. The monoisotopic (exact) mass is 262 g/mol. The van der Waals surface area contributed by atoms with E-state index in [0.29, 0.717) is 10.0 Å². The summed E-state index contributed by atoms with van der Waals surface area (Å²) in [5.41, 5.74) is 2.66. The van der Waals surface area contributed by atoms with Crippen LogP contribution in [0.2, 0.25) is 10.0 Å². The van der Waals surface area contributed by atoms with Gasteiger partial charge in [-0.3, -0.25) is 0 Å². The lowest BCUT2D eigenvalue weighted by atomic mass is 10.0. The highest BCUT2D eigenvalue weighted by atomic mass is 35.5. The van der Waals surface area contributed by atoms with Crippen molar-refractivity contribution in [1.82, 2.24) is 4.98 Å². The third-order valence-corrected chi connectivity index (χ3v) is 3.18. The molecule has 17 heavy (non-hydrogen) atoms. The molecule has 0 amide bonds. The van der Waals surface area contributed by atoms with Crippen molar-refractivity contribution >= 4 is 29.3 Å². The van der Waals surface area contributed by atoms with Gasteiger partial charge in [0.05, 0.1) is 16.1 Å². The van der Waals surface area contributed by atoms with E-state index in [1.165, 1.54) is 6.08 Å². The molecule has 1 N–H and O–H groups in total. The van der Waals surface area contributed by atoms with Crippen molar-refractivity contribution in [2.75, 3.05) is 0 Å². The van der Waals surface area contributed by atoms with Gasteiger partial charge in [0, 0.05) is 35.2 Å². The van der Waals surface area contributed by atoms with Crippen molar-refractivity contribution in [3.63, 3.8) is 0 Å². The average Bonchev–Trinajstić information content (AvgIpc) is 2.78. The molecule has 0 aliphatic carbocycles. The number of aromatic nitrogens is 1. The van der Waals surface area contributed by atoms with Gasteiger partial charge in [0.25, 0.3) is 0 Å². The maximum absolute atomic E-state index is 8.53. The normalized spacial score (nSPS) is 10.6. The average molecular weight is 263 g/mol. The first-order chi connectivity index (χ1) is 8.24. The Kier molecular flexibility index (Phi) is 3.53. The molecule has 2 rings (SSSR count). The molecule has 1 aromatic carbocycles. The zero-order valence-electron chi connectivity index (χ0n) is 8.74. The molecule has 0 unspecified atom stereocenters. The van der Waals surface area contributed by atoms with Crippen LogP contribution in [0.1, 0.15) is 5.56 Å². The Balaban J connectivity index is 2.54. The molecule has 0 bridgehead atoms. The van der Waals surface area contributed by atoms with Gasteiger partial charge in [-0.25, -0.2) is 0 Å². The molecule has 0 radical (unpaired) electrons. The number of benzene rings is 1. The van der Waals surface area contributed by atoms with Gasteiger partial charge < -0.3 is 4.98 Å². The van der Waals surface area contributed by atoms with Crippen molar-refractivity contribution in [1.29, 1.82) is 5.26 Å². The van der Waals surface area contributed by atoms with Gasteiger partial charge in [0.2, 0.25) is 0 Å². The van der Waals surface area contributed by atoms with Crippen LogP contribution in [-0.4, -0.2) is 4.98 Å². The maximum Gasteiger partial charge on any atom is 0.0912 e. The minimum Gasteiger partial charge on any atom is -0.366 e. The standard InChI is InChI=1S/C13H8Cl2N2/c14-12-5-1-4-10(13(12)15)11-8-17-7-9(11)3-2-6-16/h1-5,7-8,17H. The van der Waals surface area contributed by atoms with Crippen LogP contribution in [0.4, 0.5) is 0 Å². The van der Waals surface area contributed by atoms with Crippen LogP contribution in [0.5, 0.6) is 0 Å². The topological polar surface area (TPSA) is 39.6 Å². The summed E-state index contributed by atoms with van der Waals surface area (Å²) in [6.07, 6.45) is 6.78. The van der Waals surface area contributed by atoms with E-state index in [0.717, 1.165) is 16.7 Å². The number of rotatable bonds is 2. The number of aromatic amines is 1. The molecule has 1 aromatic heterocycles. The van der Waals surface area contributed by atoms with Crippen LogP contribution >= 0.6 is 23.2 Å². The molecule has 1 heterocycles. The van der Waals surface area contributed by atoms with Crippen LogP contribution in [0, 0.1) is 11.3 Å². The Morgan fingerprint density at radius 1 is 1.18 bits per heavy atom. The summed E-state index contributed by atoms with van der Waals surface area (Å²) in [5.74, 6) is 0. The largest absolute Gasteiger partial charge is 0.366 e. The predicted molar refractivity (Wildman–Crippen MR) is 70.9 cm³/mol. The Morgan fingerprint density at radius 2 is 2.00 bits per heavy atom. The second-order valence-electron chi connectivity index (χ2n) is 3.39. The fraction of sp³-hybridized carbons (Fsp3) is 0. The lowest BCUT2D eigenvalue weighted by molar-refractivity contribution is 1.41. The van der Waals surface area contributed by atoms with Gasteiger partial charge in [-0.2, -0.15) is 5.26 Å². The zero-order valence-corrected chi connectivity index (χ0v) is 10.3. The molecule has 0 saturated carbocycles. The molecule has 0 spiro atoms. The van der Waals surface area contributed by atoms with Crippen molar-refractivity contribution in [3.8, 4) is 17.2 Å². The fourth-order valence-electron chi connectivity index (χ4n) is 1.59. The van der Waals surface area contributed by atoms with Crippen molar-refractivity contribution in [2.24, 2.45) is 0 Å². The van der Waals surface area contributed by atoms with Crippen LogP contribution in [0.25, 0.3) is 17.2 Å². The number of H-pyrrole nitrogens is 1. The van der Waals surface area contributed by atoms with Crippen LogP contribution < -0.4 is 0 Å². The number of allylic oxidation sites excluding steroid dienone is 1. The lowest BCUT2D eigenvalue weighted by Crippen LogP contribution is -1.80. The number of hydrogen-bond donors (Lipinski definition) is 1. The van der Waals surface area contributed by atoms with E-state index in [2.05, 4.69) is 4.98 Å². The van der Waals surface area contributed by atoms with Crippen LogP contribution in [-0.2, 0) is 0 Å². The summed E-state index contributed by atoms with van der Waals surface area (Å²) in [7, 11) is 0. The minimum atomic E-state index is 0.514. The highest BCUT2D eigenvalue weighted by Gasteiger charge is 2.10. The summed E-state index contributed by atoms with van der Waals surface area (Å²) in [6, 6.07) is 7.43. The van der Waals surface area contributed by atoms with Gasteiger partial charge >= 0.3 is 0 Å². The van der Waals surface area contributed by atoms with Gasteiger partial charge in [-0.05, 0) is 12.1 Å². The Morgan fingerprint density at radius 3 is 2.76 bits per heavy atom. The first kappa shape index (κ1) is 11.8.